The molecule has 0 aliphatic carbocycles. The van der Waals surface area contributed by atoms with Crippen LogP contribution in [-0.2, 0) is 17.1 Å². The van der Waals surface area contributed by atoms with Crippen molar-refractivity contribution in [2.75, 3.05) is 0 Å². The van der Waals surface area contributed by atoms with E-state index in [2.05, 4.69) is 6.07 Å². The standard InChI is InChI=1S/C7H6N.C5H5.Fe/c1-6-3-2-4-7(6)5-8;1-2-4-5-3-1;/h2-4H,1H3;1-5H;/q2*-1;. The fraction of sp³-hybridized carbons (Fsp3) is 0.0833. The minimum Gasteiger partial charge on any atom is -0.214 e. The number of hydrogen-bond acceptors (Lipinski definition) is 1. The van der Waals surface area contributed by atoms with Crippen molar-refractivity contribution in [3.63, 3.8) is 0 Å². The van der Waals surface area contributed by atoms with Gasteiger partial charge in [0.2, 0.25) is 0 Å². The molecule has 0 unspecified atom stereocenters. The van der Waals surface area contributed by atoms with Crippen LogP contribution in [0.2, 0.25) is 0 Å². The summed E-state index contributed by atoms with van der Waals surface area (Å²) >= 11 is 0. The topological polar surface area (TPSA) is 23.8 Å². The Balaban J connectivity index is 0.000000246. The maximum Gasteiger partial charge on any atom is 0.0309 e. The molecule has 0 saturated heterocycles. The normalized spacial score (nSPS) is 7.71. The molecule has 2 aromatic rings. The van der Waals surface area contributed by atoms with Crippen molar-refractivity contribution in [1.29, 1.82) is 5.26 Å². The number of nitriles is 1. The molecule has 0 aliphatic heterocycles. The first-order valence-corrected chi connectivity index (χ1v) is 4.13. The summed E-state index contributed by atoms with van der Waals surface area (Å²) in [4.78, 5) is 0. The molecule has 0 bridgehead atoms. The first kappa shape index (κ1) is 12.7. The van der Waals surface area contributed by atoms with Crippen LogP contribution in [0.15, 0.2) is 48.5 Å². The van der Waals surface area contributed by atoms with E-state index >= 15 is 0 Å². The van der Waals surface area contributed by atoms with Crippen LogP contribution in [0.1, 0.15) is 11.1 Å². The number of rotatable bonds is 0. The van der Waals surface area contributed by atoms with E-state index in [1.807, 2.05) is 55.5 Å². The molecule has 0 aromatic heterocycles. The SMILES string of the molecule is Cc1ccc[c-]1C#N.[Fe].c1cc[cH-]c1. The quantitative estimate of drug-likeness (QED) is 0.499. The van der Waals surface area contributed by atoms with Crippen molar-refractivity contribution in [3.05, 3.63) is 59.7 Å². The van der Waals surface area contributed by atoms with Gasteiger partial charge in [0.25, 0.3) is 0 Å². The fourth-order valence-corrected chi connectivity index (χ4v) is 0.956. The van der Waals surface area contributed by atoms with Crippen molar-refractivity contribution in [3.8, 4) is 6.07 Å². The smallest absolute Gasteiger partial charge is 0.0309 e. The molecule has 2 heteroatoms. The Labute approximate surface area is 95.2 Å². The molecular formula is C12H11FeN-2. The predicted octanol–water partition coefficient (Wildman–Crippen LogP) is 2.99. The zero-order valence-electron chi connectivity index (χ0n) is 7.92. The summed E-state index contributed by atoms with van der Waals surface area (Å²) in [5, 5.41) is 8.36. The monoisotopic (exact) mass is 225 g/mol. The van der Waals surface area contributed by atoms with Gasteiger partial charge in [-0.2, -0.15) is 29.8 Å². The van der Waals surface area contributed by atoms with E-state index in [-0.39, 0.29) is 17.1 Å². The summed E-state index contributed by atoms with van der Waals surface area (Å²) in [6.07, 6.45) is 0. The molecule has 0 atom stereocenters. The van der Waals surface area contributed by atoms with Crippen LogP contribution in [0, 0.1) is 18.3 Å². The largest absolute Gasteiger partial charge is 0.214 e. The molecule has 2 rings (SSSR count). The van der Waals surface area contributed by atoms with Crippen LogP contribution in [-0.4, -0.2) is 0 Å². The van der Waals surface area contributed by atoms with Gasteiger partial charge in [0.1, 0.15) is 0 Å². The van der Waals surface area contributed by atoms with Gasteiger partial charge in [-0.25, -0.2) is 29.5 Å². The molecule has 0 fully saturated rings. The Morgan fingerprint density at radius 3 is 2.14 bits per heavy atom. The van der Waals surface area contributed by atoms with Crippen LogP contribution in [0.3, 0.4) is 0 Å². The molecule has 1 nitrogen and oxygen atoms in total. The van der Waals surface area contributed by atoms with Gasteiger partial charge in [-0.1, -0.05) is 12.5 Å². The van der Waals surface area contributed by atoms with Crippen molar-refractivity contribution in [1.82, 2.24) is 0 Å². The summed E-state index contributed by atoms with van der Waals surface area (Å²) < 4.78 is 0. The second kappa shape index (κ2) is 7.15. The van der Waals surface area contributed by atoms with E-state index in [0.717, 1.165) is 11.1 Å². The minimum absolute atomic E-state index is 0. The van der Waals surface area contributed by atoms with Crippen LogP contribution < -0.4 is 0 Å². The van der Waals surface area contributed by atoms with Crippen LogP contribution in [0.4, 0.5) is 0 Å². The van der Waals surface area contributed by atoms with Gasteiger partial charge in [0.15, 0.2) is 0 Å². The van der Waals surface area contributed by atoms with Crippen molar-refractivity contribution < 1.29 is 17.1 Å². The van der Waals surface area contributed by atoms with Gasteiger partial charge < -0.3 is 0 Å². The summed E-state index contributed by atoms with van der Waals surface area (Å²) in [5.74, 6) is 0. The third kappa shape index (κ3) is 4.09. The summed E-state index contributed by atoms with van der Waals surface area (Å²) in [6, 6.07) is 17.7. The molecule has 0 N–H and O–H groups in total. The third-order valence-corrected chi connectivity index (χ3v) is 1.71. The van der Waals surface area contributed by atoms with Gasteiger partial charge in [-0.05, 0) is 0 Å². The van der Waals surface area contributed by atoms with Gasteiger partial charge in [-0.3, -0.25) is 0 Å². The van der Waals surface area contributed by atoms with Gasteiger partial charge in [0.05, 0.1) is 0 Å². The molecule has 0 saturated carbocycles. The second-order valence-corrected chi connectivity index (χ2v) is 2.70. The number of nitrogens with zero attached hydrogens (tertiary/aromatic N) is 1. The van der Waals surface area contributed by atoms with E-state index in [1.54, 1.807) is 0 Å². The molecule has 0 radical (unpaired) electrons. The fourth-order valence-electron chi connectivity index (χ4n) is 0.956. The Bertz CT molecular complexity index is 348. The maximum absolute atomic E-state index is 8.36. The van der Waals surface area contributed by atoms with Crippen molar-refractivity contribution in [2.45, 2.75) is 6.92 Å². The first-order valence-electron chi connectivity index (χ1n) is 4.13. The van der Waals surface area contributed by atoms with Crippen molar-refractivity contribution in [2.24, 2.45) is 0 Å². The van der Waals surface area contributed by atoms with Gasteiger partial charge >= 0.3 is 0 Å². The molecule has 0 spiro atoms. The predicted molar refractivity (Wildman–Crippen MR) is 53.5 cm³/mol. The molecule has 14 heavy (non-hydrogen) atoms. The molecule has 2 aromatic carbocycles. The molecule has 0 heterocycles. The zero-order chi connectivity index (χ0) is 9.52. The summed E-state index contributed by atoms with van der Waals surface area (Å²) in [7, 11) is 0. The average Bonchev–Trinajstić information content (AvgIpc) is 2.76. The summed E-state index contributed by atoms with van der Waals surface area (Å²) in [6.45, 7) is 1.93. The average molecular weight is 225 g/mol. The van der Waals surface area contributed by atoms with Crippen LogP contribution in [0.5, 0.6) is 0 Å². The Kier molecular flexibility index (Phi) is 6.49. The maximum atomic E-state index is 8.36. The van der Waals surface area contributed by atoms with Crippen LogP contribution >= 0.6 is 0 Å². The van der Waals surface area contributed by atoms with Gasteiger partial charge in [-0.15, -0.1) is 0 Å². The van der Waals surface area contributed by atoms with E-state index in [9.17, 15) is 0 Å². The van der Waals surface area contributed by atoms with Gasteiger partial charge in [0, 0.05) is 23.1 Å². The van der Waals surface area contributed by atoms with Crippen LogP contribution in [0.25, 0.3) is 0 Å². The molecule has 0 aliphatic rings. The molecule has 0 amide bonds. The zero-order valence-corrected chi connectivity index (χ0v) is 9.02. The third-order valence-electron chi connectivity index (χ3n) is 1.71. The Morgan fingerprint density at radius 2 is 1.93 bits per heavy atom. The minimum atomic E-state index is 0. The molecule has 74 valence electrons. The van der Waals surface area contributed by atoms with Crippen molar-refractivity contribution >= 4 is 0 Å². The Hall–Kier alpha value is -1.29. The van der Waals surface area contributed by atoms with E-state index in [1.165, 1.54) is 0 Å². The number of hydrogen-bond donors (Lipinski definition) is 0. The first-order chi connectivity index (χ1) is 6.34. The second-order valence-electron chi connectivity index (χ2n) is 2.70. The van der Waals surface area contributed by atoms with E-state index in [0.29, 0.717) is 0 Å². The summed E-state index contributed by atoms with van der Waals surface area (Å²) in [5.41, 5.74) is 1.84. The van der Waals surface area contributed by atoms with E-state index in [4.69, 9.17) is 5.26 Å². The Morgan fingerprint density at radius 1 is 1.29 bits per heavy atom. The van der Waals surface area contributed by atoms with E-state index < -0.39 is 0 Å². The number of aryl methyl sites for hydroxylation is 1. The molecular weight excluding hydrogens is 214 g/mol.